The number of rotatable bonds is 12. The van der Waals surface area contributed by atoms with Crippen LogP contribution in [-0.2, 0) is 28.5 Å². The first-order chi connectivity index (χ1) is 26.1. The third-order valence-electron chi connectivity index (χ3n) is 8.03. The minimum Gasteiger partial charge on any atom is -0.453 e. The summed E-state index contributed by atoms with van der Waals surface area (Å²) >= 11 is 0. The highest BCUT2D eigenvalue weighted by molar-refractivity contribution is 5.93. The lowest BCUT2D eigenvalue weighted by atomic mass is 10.1. The Bertz CT molecular complexity index is 1920. The maximum Gasteiger partial charge on any atom is 0.343 e. The monoisotopic (exact) mass is 734 g/mol. The highest BCUT2D eigenvalue weighted by Gasteiger charge is 2.51. The van der Waals surface area contributed by atoms with E-state index < -0.39 is 60.2 Å². The summed E-state index contributed by atoms with van der Waals surface area (Å²) in [4.78, 5) is 73.6. The maximum absolute atomic E-state index is 12.9. The van der Waals surface area contributed by atoms with Crippen molar-refractivity contribution in [2.75, 3.05) is 13.2 Å². The largest absolute Gasteiger partial charge is 0.453 e. The molecule has 2 saturated heterocycles. The lowest BCUT2D eigenvalue weighted by molar-refractivity contribution is -0.129. The molecule has 0 N–H and O–H groups in total. The summed E-state index contributed by atoms with van der Waals surface area (Å²) in [6.07, 6.45) is -0.864. The first-order valence-corrected chi connectivity index (χ1v) is 16.3. The molecule has 0 aliphatic carbocycles. The molecule has 4 aromatic carbocycles. The number of fused-ring (bicyclic) bond motifs is 1. The normalized spacial score (nSPS) is 18.3. The fraction of sp³-hybridized carbons (Fsp3) is 0.150. The molecular formula is C40H30O14. The highest BCUT2D eigenvalue weighted by Crippen LogP contribution is 2.32. The van der Waals surface area contributed by atoms with Gasteiger partial charge in [-0.25, -0.2) is 28.8 Å². The smallest absolute Gasteiger partial charge is 0.343 e. The van der Waals surface area contributed by atoms with E-state index in [1.807, 2.05) is 0 Å². The molecule has 54 heavy (non-hydrogen) atoms. The number of carbonyl (C=O) groups excluding carboxylic acids is 6. The zero-order valence-corrected chi connectivity index (χ0v) is 28.2. The van der Waals surface area contributed by atoms with Crippen LogP contribution in [-0.4, -0.2) is 73.4 Å². The molecule has 0 amide bonds. The maximum atomic E-state index is 12.9. The summed E-state index contributed by atoms with van der Waals surface area (Å²) < 4.78 is 43.6. The second-order valence-electron chi connectivity index (χ2n) is 11.6. The van der Waals surface area contributed by atoms with Crippen LogP contribution in [0.5, 0.6) is 23.0 Å². The van der Waals surface area contributed by atoms with Crippen molar-refractivity contribution >= 4 is 35.8 Å². The Morgan fingerprint density at radius 1 is 0.444 bits per heavy atom. The summed E-state index contributed by atoms with van der Waals surface area (Å²) in [5, 5.41) is 0. The topological polar surface area (TPSA) is 176 Å². The van der Waals surface area contributed by atoms with E-state index in [4.69, 9.17) is 37.9 Å². The number of esters is 6. The van der Waals surface area contributed by atoms with Gasteiger partial charge in [0.15, 0.2) is 12.2 Å². The summed E-state index contributed by atoms with van der Waals surface area (Å²) in [7, 11) is 0. The first-order valence-electron chi connectivity index (χ1n) is 16.3. The van der Waals surface area contributed by atoms with E-state index in [1.165, 1.54) is 97.1 Å². The standard InChI is InChI=1S/C40H30O14/c1-3-33(41)49-27-13-5-23(6-14-27)37(43)51-29-17-9-25(10-18-29)39(45)53-31-21-47-36-32(22-48-35(31)36)54-40(46)26-11-19-30(20-12-26)52-38(44)24-7-15-28(16-8-24)50-34(42)4-2/h3-20,31-32,35-36H,1-2,21-22H2/t31-,32-,35-,36-/m1/s1. The van der Waals surface area contributed by atoms with Crippen LogP contribution >= 0.6 is 0 Å². The number of ether oxygens (including phenoxy) is 8. The summed E-state index contributed by atoms with van der Waals surface area (Å²) in [5.74, 6) is -3.09. The van der Waals surface area contributed by atoms with Gasteiger partial charge in [-0.15, -0.1) is 0 Å². The molecule has 274 valence electrons. The van der Waals surface area contributed by atoms with Gasteiger partial charge in [-0.05, 0) is 97.1 Å². The van der Waals surface area contributed by atoms with Gasteiger partial charge in [0.25, 0.3) is 0 Å². The lowest BCUT2D eigenvalue weighted by Gasteiger charge is -2.17. The van der Waals surface area contributed by atoms with Crippen molar-refractivity contribution in [2.24, 2.45) is 0 Å². The molecule has 0 spiro atoms. The van der Waals surface area contributed by atoms with Crippen molar-refractivity contribution in [1.29, 1.82) is 0 Å². The molecule has 4 atom stereocenters. The predicted octanol–water partition coefficient (Wildman–Crippen LogP) is 4.86. The molecule has 0 bridgehead atoms. The highest BCUT2D eigenvalue weighted by atomic mass is 16.7. The van der Waals surface area contributed by atoms with Crippen molar-refractivity contribution in [2.45, 2.75) is 24.4 Å². The van der Waals surface area contributed by atoms with Gasteiger partial charge in [-0.2, -0.15) is 0 Å². The van der Waals surface area contributed by atoms with Crippen LogP contribution in [0.1, 0.15) is 41.4 Å². The second kappa shape index (κ2) is 16.6. The van der Waals surface area contributed by atoms with E-state index in [0.29, 0.717) is 0 Å². The zero-order valence-electron chi connectivity index (χ0n) is 28.2. The van der Waals surface area contributed by atoms with Gasteiger partial charge in [0.05, 0.1) is 35.5 Å². The average Bonchev–Trinajstić information content (AvgIpc) is 3.78. The van der Waals surface area contributed by atoms with Crippen molar-refractivity contribution in [3.63, 3.8) is 0 Å². The van der Waals surface area contributed by atoms with Gasteiger partial charge in [0, 0.05) is 12.2 Å². The fourth-order valence-corrected chi connectivity index (χ4v) is 5.33. The van der Waals surface area contributed by atoms with Gasteiger partial charge < -0.3 is 37.9 Å². The minimum atomic E-state index is -0.773. The van der Waals surface area contributed by atoms with E-state index in [2.05, 4.69) is 13.2 Å². The van der Waals surface area contributed by atoms with Gasteiger partial charge >= 0.3 is 35.8 Å². The van der Waals surface area contributed by atoms with Crippen LogP contribution < -0.4 is 18.9 Å². The van der Waals surface area contributed by atoms with Crippen LogP contribution in [0.25, 0.3) is 0 Å². The molecule has 2 heterocycles. The van der Waals surface area contributed by atoms with Gasteiger partial charge in [0.2, 0.25) is 0 Å². The third-order valence-corrected chi connectivity index (χ3v) is 8.03. The Morgan fingerprint density at radius 3 is 1.02 bits per heavy atom. The van der Waals surface area contributed by atoms with E-state index in [0.717, 1.165) is 12.2 Å². The molecule has 2 aliphatic heterocycles. The Morgan fingerprint density at radius 2 is 0.722 bits per heavy atom. The SMILES string of the molecule is C=CC(=O)Oc1ccc(C(=O)Oc2ccc(C(=O)O[C@@H]3CO[C@H]4[C@@H]3OC[C@H]4OC(=O)c3ccc(OC(=O)c4ccc(OC(=O)C=C)cc4)cc3)cc2)cc1. The molecule has 0 saturated carbocycles. The van der Waals surface area contributed by atoms with E-state index in [9.17, 15) is 28.8 Å². The molecule has 0 unspecified atom stereocenters. The van der Waals surface area contributed by atoms with Crippen LogP contribution in [0.15, 0.2) is 122 Å². The van der Waals surface area contributed by atoms with Crippen molar-refractivity contribution < 1.29 is 66.7 Å². The van der Waals surface area contributed by atoms with E-state index in [1.54, 1.807) is 0 Å². The summed E-state index contributed by atoms with van der Waals surface area (Å²) in [6, 6.07) is 23.0. The molecule has 0 radical (unpaired) electrons. The number of carbonyl (C=O) groups is 6. The molecule has 2 fully saturated rings. The van der Waals surface area contributed by atoms with Crippen LogP contribution in [0.2, 0.25) is 0 Å². The lowest BCUT2D eigenvalue weighted by Crippen LogP contribution is -2.36. The molecule has 6 rings (SSSR count). The number of hydrogen-bond acceptors (Lipinski definition) is 14. The summed E-state index contributed by atoms with van der Waals surface area (Å²) in [6.45, 7) is 6.67. The summed E-state index contributed by atoms with van der Waals surface area (Å²) in [5.41, 5.74) is 0.791. The quantitative estimate of drug-likeness (QED) is 0.110. The number of hydrogen-bond donors (Lipinski definition) is 0. The Hall–Kier alpha value is -6.90. The molecule has 14 nitrogen and oxygen atoms in total. The van der Waals surface area contributed by atoms with E-state index in [-0.39, 0.29) is 58.5 Å². The second-order valence-corrected chi connectivity index (χ2v) is 11.6. The van der Waals surface area contributed by atoms with Gasteiger partial charge in [0.1, 0.15) is 35.2 Å². The fourth-order valence-electron chi connectivity index (χ4n) is 5.33. The van der Waals surface area contributed by atoms with Crippen molar-refractivity contribution in [3.8, 4) is 23.0 Å². The van der Waals surface area contributed by atoms with Crippen LogP contribution in [0.4, 0.5) is 0 Å². The van der Waals surface area contributed by atoms with Crippen molar-refractivity contribution in [1.82, 2.24) is 0 Å². The molecular weight excluding hydrogens is 704 g/mol. The van der Waals surface area contributed by atoms with Gasteiger partial charge in [-0.1, -0.05) is 13.2 Å². The van der Waals surface area contributed by atoms with E-state index >= 15 is 0 Å². The van der Waals surface area contributed by atoms with Crippen LogP contribution in [0, 0.1) is 0 Å². The molecule has 14 heteroatoms. The van der Waals surface area contributed by atoms with Crippen LogP contribution in [0.3, 0.4) is 0 Å². The average molecular weight is 735 g/mol. The predicted molar refractivity (Wildman–Crippen MR) is 185 cm³/mol. The minimum absolute atomic E-state index is 0.0131. The third kappa shape index (κ3) is 8.93. The Kier molecular flexibility index (Phi) is 11.4. The molecule has 0 aromatic heterocycles. The van der Waals surface area contributed by atoms with Crippen molar-refractivity contribution in [3.05, 3.63) is 145 Å². The Balaban J connectivity index is 0.958. The zero-order chi connectivity index (χ0) is 38.2. The van der Waals surface area contributed by atoms with Gasteiger partial charge in [-0.3, -0.25) is 0 Å². The Labute approximate surface area is 307 Å². The molecule has 2 aliphatic rings. The molecule has 4 aromatic rings. The number of benzene rings is 4. The first kappa shape index (κ1) is 36.9.